The van der Waals surface area contributed by atoms with Gasteiger partial charge in [-0.25, -0.2) is 9.78 Å². The molecule has 1 heterocycles. The summed E-state index contributed by atoms with van der Waals surface area (Å²) in [4.78, 5) is 15.1. The van der Waals surface area contributed by atoms with Crippen LogP contribution in [0, 0.1) is 11.3 Å². The van der Waals surface area contributed by atoms with Gasteiger partial charge in [0.1, 0.15) is 11.9 Å². The summed E-state index contributed by atoms with van der Waals surface area (Å²) in [6.45, 7) is 0.891. The molecular formula is C13H17N5O. The maximum absolute atomic E-state index is 10.5. The molecule has 4 N–H and O–H groups in total. The van der Waals surface area contributed by atoms with Crippen molar-refractivity contribution in [1.82, 2.24) is 10.3 Å². The largest absolute Gasteiger partial charge is 0.367 e. The molecule has 0 spiro atoms. The first-order chi connectivity index (χ1) is 9.20. The topological polar surface area (TPSA) is 104 Å². The lowest BCUT2D eigenvalue weighted by Crippen LogP contribution is -2.33. The highest BCUT2D eigenvalue weighted by molar-refractivity contribution is 5.71. The number of primary amides is 1. The van der Waals surface area contributed by atoms with Gasteiger partial charge in [-0.15, -0.1) is 0 Å². The van der Waals surface area contributed by atoms with Crippen molar-refractivity contribution in [2.45, 2.75) is 25.7 Å². The Bertz CT molecular complexity index is 521. The van der Waals surface area contributed by atoms with Crippen LogP contribution in [0.4, 0.5) is 10.6 Å². The zero-order chi connectivity index (χ0) is 13.7. The van der Waals surface area contributed by atoms with Crippen LogP contribution in [0.3, 0.4) is 0 Å². The fourth-order valence-electron chi connectivity index (χ4n) is 2.22. The van der Waals surface area contributed by atoms with Crippen LogP contribution < -0.4 is 16.4 Å². The third-order valence-electron chi connectivity index (χ3n) is 3.14. The van der Waals surface area contributed by atoms with Crippen molar-refractivity contribution in [3.63, 3.8) is 0 Å². The number of nitrogens with zero attached hydrogens (tertiary/aromatic N) is 2. The van der Waals surface area contributed by atoms with Gasteiger partial charge >= 0.3 is 6.03 Å². The van der Waals surface area contributed by atoms with Gasteiger partial charge in [-0.3, -0.25) is 0 Å². The molecule has 0 bridgehead atoms. The summed E-state index contributed by atoms with van der Waals surface area (Å²) < 4.78 is 0. The number of anilines is 1. The smallest absolute Gasteiger partial charge is 0.312 e. The second-order valence-electron chi connectivity index (χ2n) is 4.53. The van der Waals surface area contributed by atoms with Crippen molar-refractivity contribution in [2.75, 3.05) is 18.4 Å². The van der Waals surface area contributed by atoms with E-state index in [9.17, 15) is 4.79 Å². The van der Waals surface area contributed by atoms with E-state index in [1.807, 2.05) is 6.07 Å². The predicted octanol–water partition coefficient (Wildman–Crippen LogP) is 0.912. The van der Waals surface area contributed by atoms with Gasteiger partial charge < -0.3 is 16.4 Å². The molecule has 1 aliphatic carbocycles. The lowest BCUT2D eigenvalue weighted by molar-refractivity contribution is 0.249. The number of urea groups is 1. The minimum Gasteiger partial charge on any atom is -0.367 e. The molecule has 0 fully saturated rings. The average molecular weight is 259 g/mol. The Morgan fingerprint density at radius 2 is 2.21 bits per heavy atom. The number of amides is 2. The molecule has 0 saturated heterocycles. The SMILES string of the molecule is N#Cc1cc2c(nc1NCCNC(N)=O)CCCC2. The van der Waals surface area contributed by atoms with Crippen LogP contribution in [0.25, 0.3) is 0 Å². The Balaban J connectivity index is 2.06. The molecule has 2 rings (SSSR count). The monoisotopic (exact) mass is 259 g/mol. The van der Waals surface area contributed by atoms with E-state index in [1.54, 1.807) is 0 Å². The van der Waals surface area contributed by atoms with Gasteiger partial charge in [0.05, 0.1) is 5.56 Å². The average Bonchev–Trinajstić information content (AvgIpc) is 2.42. The van der Waals surface area contributed by atoms with Crippen molar-refractivity contribution in [2.24, 2.45) is 5.73 Å². The number of rotatable bonds is 4. The van der Waals surface area contributed by atoms with Crippen LogP contribution in [-0.2, 0) is 12.8 Å². The second kappa shape index (κ2) is 6.05. The van der Waals surface area contributed by atoms with E-state index in [0.29, 0.717) is 24.5 Å². The highest BCUT2D eigenvalue weighted by atomic mass is 16.2. The standard InChI is InChI=1S/C13H17N5O/c14-8-10-7-9-3-1-2-4-11(9)18-12(10)16-5-6-17-13(15)19/h7H,1-6H2,(H,16,18)(H3,15,17,19). The number of nitrogens with one attached hydrogen (secondary N) is 2. The van der Waals surface area contributed by atoms with Gasteiger partial charge in [0.2, 0.25) is 0 Å². The molecule has 1 aliphatic rings. The maximum Gasteiger partial charge on any atom is 0.312 e. The first kappa shape index (κ1) is 13.1. The van der Waals surface area contributed by atoms with Gasteiger partial charge in [-0.1, -0.05) is 0 Å². The lowest BCUT2D eigenvalue weighted by atomic mass is 9.95. The number of nitrogens with two attached hydrogens (primary N) is 1. The Labute approximate surface area is 112 Å². The number of carbonyl (C=O) groups excluding carboxylic acids is 1. The van der Waals surface area contributed by atoms with Crippen LogP contribution in [0.15, 0.2) is 6.07 Å². The Hall–Kier alpha value is -2.29. The molecule has 6 nitrogen and oxygen atoms in total. The number of aryl methyl sites for hydroxylation is 2. The summed E-state index contributed by atoms with van der Waals surface area (Å²) in [6.07, 6.45) is 4.28. The summed E-state index contributed by atoms with van der Waals surface area (Å²) >= 11 is 0. The van der Waals surface area contributed by atoms with E-state index < -0.39 is 6.03 Å². The number of aromatic nitrogens is 1. The van der Waals surface area contributed by atoms with Crippen molar-refractivity contribution in [3.8, 4) is 6.07 Å². The highest BCUT2D eigenvalue weighted by Crippen LogP contribution is 2.24. The van der Waals surface area contributed by atoms with Gasteiger partial charge in [0.15, 0.2) is 0 Å². The quantitative estimate of drug-likeness (QED) is 0.699. The van der Waals surface area contributed by atoms with E-state index in [4.69, 9.17) is 11.0 Å². The molecule has 0 atom stereocenters. The Kier molecular flexibility index (Phi) is 4.18. The number of hydrogen-bond donors (Lipinski definition) is 3. The van der Waals surface area contributed by atoms with Crippen molar-refractivity contribution < 1.29 is 4.79 Å². The van der Waals surface area contributed by atoms with E-state index in [1.165, 1.54) is 5.56 Å². The first-order valence-electron chi connectivity index (χ1n) is 6.41. The molecule has 6 heteroatoms. The molecule has 0 aliphatic heterocycles. The molecule has 0 radical (unpaired) electrons. The summed E-state index contributed by atoms with van der Waals surface area (Å²) in [5, 5.41) is 14.7. The molecular weight excluding hydrogens is 242 g/mol. The van der Waals surface area contributed by atoms with Gasteiger partial charge in [-0.05, 0) is 37.3 Å². The van der Waals surface area contributed by atoms with E-state index >= 15 is 0 Å². The number of carbonyl (C=O) groups is 1. The summed E-state index contributed by atoms with van der Waals surface area (Å²) in [6, 6.07) is 3.53. The number of pyridine rings is 1. The number of fused-ring (bicyclic) bond motifs is 1. The summed E-state index contributed by atoms with van der Waals surface area (Å²) in [7, 11) is 0. The minimum absolute atomic E-state index is 0.402. The molecule has 0 unspecified atom stereocenters. The van der Waals surface area contributed by atoms with Crippen LogP contribution in [0.5, 0.6) is 0 Å². The molecule has 2 amide bonds. The molecule has 0 saturated carbocycles. The van der Waals surface area contributed by atoms with E-state index in [-0.39, 0.29) is 0 Å². The molecule has 100 valence electrons. The summed E-state index contributed by atoms with van der Waals surface area (Å²) in [5.41, 5.74) is 7.79. The van der Waals surface area contributed by atoms with Crippen LogP contribution in [-0.4, -0.2) is 24.1 Å². The Morgan fingerprint density at radius 3 is 2.95 bits per heavy atom. The van der Waals surface area contributed by atoms with Crippen LogP contribution >= 0.6 is 0 Å². The third-order valence-corrected chi connectivity index (χ3v) is 3.14. The zero-order valence-electron chi connectivity index (χ0n) is 10.7. The number of hydrogen-bond acceptors (Lipinski definition) is 4. The third kappa shape index (κ3) is 3.35. The van der Waals surface area contributed by atoms with E-state index in [0.717, 1.165) is 31.4 Å². The highest BCUT2D eigenvalue weighted by Gasteiger charge is 2.14. The molecule has 1 aromatic heterocycles. The van der Waals surface area contributed by atoms with Crippen molar-refractivity contribution in [1.29, 1.82) is 5.26 Å². The van der Waals surface area contributed by atoms with Crippen molar-refractivity contribution in [3.05, 3.63) is 22.9 Å². The van der Waals surface area contributed by atoms with Crippen molar-refractivity contribution >= 4 is 11.8 Å². The van der Waals surface area contributed by atoms with Gasteiger partial charge in [0.25, 0.3) is 0 Å². The predicted molar refractivity (Wildman–Crippen MR) is 71.7 cm³/mol. The minimum atomic E-state index is -0.555. The van der Waals surface area contributed by atoms with Gasteiger partial charge in [0, 0.05) is 18.8 Å². The van der Waals surface area contributed by atoms with Gasteiger partial charge in [-0.2, -0.15) is 5.26 Å². The first-order valence-corrected chi connectivity index (χ1v) is 6.41. The molecule has 19 heavy (non-hydrogen) atoms. The normalized spacial score (nSPS) is 13.2. The fraction of sp³-hybridized carbons (Fsp3) is 0.462. The molecule has 1 aromatic rings. The van der Waals surface area contributed by atoms with E-state index in [2.05, 4.69) is 21.7 Å². The summed E-state index contributed by atoms with van der Waals surface area (Å²) in [5.74, 6) is 0.592. The second-order valence-corrected chi connectivity index (χ2v) is 4.53. The van der Waals surface area contributed by atoms with Crippen LogP contribution in [0.1, 0.15) is 29.7 Å². The molecule has 0 aromatic carbocycles. The fourth-order valence-corrected chi connectivity index (χ4v) is 2.22. The maximum atomic E-state index is 10.5. The zero-order valence-corrected chi connectivity index (χ0v) is 10.7. The number of nitriles is 1. The Morgan fingerprint density at radius 1 is 1.42 bits per heavy atom. The van der Waals surface area contributed by atoms with Crippen LogP contribution in [0.2, 0.25) is 0 Å². The lowest BCUT2D eigenvalue weighted by Gasteiger charge is -2.17.